The number of nitrogens with one attached hydrogen (secondary N) is 2. The van der Waals surface area contributed by atoms with Gasteiger partial charge in [-0.25, -0.2) is 14.0 Å². The first-order valence-corrected chi connectivity index (χ1v) is 6.10. The molecule has 0 heterocycles. The summed E-state index contributed by atoms with van der Waals surface area (Å²) in [5.74, 6) is -1.93. The minimum absolute atomic E-state index is 0.0897. The Bertz CT molecular complexity index is 464. The number of urea groups is 1. The van der Waals surface area contributed by atoms with Crippen molar-refractivity contribution in [3.63, 3.8) is 0 Å². The van der Waals surface area contributed by atoms with Crippen LogP contribution in [0.4, 0.5) is 14.9 Å². The molecular weight excluding hydrogens is 323 g/mol. The van der Waals surface area contributed by atoms with Gasteiger partial charge in [-0.3, -0.25) is 0 Å². The zero-order chi connectivity index (χ0) is 14.4. The van der Waals surface area contributed by atoms with E-state index in [4.69, 9.17) is 10.2 Å². The number of carbonyl (C=O) groups is 2. The van der Waals surface area contributed by atoms with Crippen molar-refractivity contribution >= 4 is 33.6 Å². The number of hydrogen-bond donors (Lipinski definition) is 4. The van der Waals surface area contributed by atoms with E-state index in [2.05, 4.69) is 26.6 Å². The summed E-state index contributed by atoms with van der Waals surface area (Å²) in [4.78, 5) is 22.3. The highest BCUT2D eigenvalue weighted by Crippen LogP contribution is 2.24. The van der Waals surface area contributed by atoms with Gasteiger partial charge in [-0.1, -0.05) is 6.07 Å². The third-order valence-corrected chi connectivity index (χ3v) is 2.88. The molecule has 4 N–H and O–H groups in total. The molecule has 0 aliphatic rings. The number of para-hydroxylation sites is 1. The molecule has 1 rings (SSSR count). The third-order valence-electron chi connectivity index (χ3n) is 2.22. The molecule has 0 aromatic heterocycles. The number of carbonyl (C=O) groups excluding carboxylic acids is 1. The summed E-state index contributed by atoms with van der Waals surface area (Å²) in [5.41, 5.74) is -0.0897. The van der Waals surface area contributed by atoms with Gasteiger partial charge in [0.15, 0.2) is 0 Å². The van der Waals surface area contributed by atoms with E-state index in [-0.39, 0.29) is 18.7 Å². The van der Waals surface area contributed by atoms with Crippen molar-refractivity contribution in [2.24, 2.45) is 0 Å². The van der Waals surface area contributed by atoms with Crippen LogP contribution in [0.2, 0.25) is 0 Å². The highest BCUT2D eigenvalue weighted by molar-refractivity contribution is 9.10. The van der Waals surface area contributed by atoms with Crippen molar-refractivity contribution in [3.05, 3.63) is 28.5 Å². The summed E-state index contributed by atoms with van der Waals surface area (Å²) >= 11 is 3.06. The number of carboxylic acid groups (broad SMARTS) is 1. The SMILES string of the molecule is O=C(Nc1c(F)cccc1Br)N[C@@H](CCO)C(=O)O. The Balaban J connectivity index is 2.72. The molecule has 0 unspecified atom stereocenters. The van der Waals surface area contributed by atoms with Gasteiger partial charge in [0.05, 0.1) is 5.69 Å². The number of anilines is 1. The van der Waals surface area contributed by atoms with Gasteiger partial charge in [-0.2, -0.15) is 0 Å². The molecule has 0 aliphatic heterocycles. The summed E-state index contributed by atoms with van der Waals surface area (Å²) < 4.78 is 13.8. The molecule has 0 saturated carbocycles. The van der Waals surface area contributed by atoms with Gasteiger partial charge in [0.25, 0.3) is 0 Å². The molecule has 6 nitrogen and oxygen atoms in total. The second-order valence-electron chi connectivity index (χ2n) is 3.60. The molecule has 1 atom stereocenters. The quantitative estimate of drug-likeness (QED) is 0.656. The molecular formula is C11H12BrFN2O4. The lowest BCUT2D eigenvalue weighted by molar-refractivity contribution is -0.139. The molecule has 0 radical (unpaired) electrons. The molecule has 8 heteroatoms. The molecule has 104 valence electrons. The van der Waals surface area contributed by atoms with E-state index in [0.717, 1.165) is 6.07 Å². The summed E-state index contributed by atoms with van der Waals surface area (Å²) in [7, 11) is 0. The molecule has 1 aromatic rings. The Hall–Kier alpha value is -1.67. The number of carboxylic acids is 1. The summed E-state index contributed by atoms with van der Waals surface area (Å²) in [6, 6.07) is 2.03. The molecule has 0 aliphatic carbocycles. The lowest BCUT2D eigenvalue weighted by Crippen LogP contribution is -2.43. The Kier molecular flexibility index (Phi) is 5.71. The average molecular weight is 335 g/mol. The summed E-state index contributed by atoms with van der Waals surface area (Å²) in [5, 5.41) is 21.8. The van der Waals surface area contributed by atoms with Crippen LogP contribution in [-0.2, 0) is 4.79 Å². The van der Waals surface area contributed by atoms with Crippen molar-refractivity contribution in [1.82, 2.24) is 5.32 Å². The fourth-order valence-corrected chi connectivity index (χ4v) is 1.75. The average Bonchev–Trinajstić information content (AvgIpc) is 2.33. The fraction of sp³-hybridized carbons (Fsp3) is 0.273. The number of aliphatic hydroxyl groups is 1. The van der Waals surface area contributed by atoms with E-state index in [9.17, 15) is 14.0 Å². The maximum absolute atomic E-state index is 13.4. The van der Waals surface area contributed by atoms with Crippen LogP contribution in [0.15, 0.2) is 22.7 Å². The lowest BCUT2D eigenvalue weighted by Gasteiger charge is -2.14. The smallest absolute Gasteiger partial charge is 0.326 e. The molecule has 0 fully saturated rings. The first-order valence-electron chi connectivity index (χ1n) is 5.31. The van der Waals surface area contributed by atoms with Crippen LogP contribution in [0.3, 0.4) is 0 Å². The van der Waals surface area contributed by atoms with Gasteiger partial charge in [-0.15, -0.1) is 0 Å². The van der Waals surface area contributed by atoms with E-state index in [1.807, 2.05) is 0 Å². The standard InChI is InChI=1S/C11H12BrFN2O4/c12-6-2-1-3-7(13)9(6)15-11(19)14-8(4-5-16)10(17)18/h1-3,8,16H,4-5H2,(H,17,18)(H2,14,15,19)/t8-/m0/s1. The fourth-order valence-electron chi connectivity index (χ4n) is 1.31. The van der Waals surface area contributed by atoms with E-state index in [1.165, 1.54) is 12.1 Å². The van der Waals surface area contributed by atoms with Gasteiger partial charge in [0.2, 0.25) is 0 Å². The molecule has 1 aromatic carbocycles. The summed E-state index contributed by atoms with van der Waals surface area (Å²) in [6.45, 7) is -0.388. The molecule has 0 bridgehead atoms. The number of amides is 2. The van der Waals surface area contributed by atoms with Gasteiger partial charge in [0.1, 0.15) is 11.9 Å². The highest BCUT2D eigenvalue weighted by atomic mass is 79.9. The second-order valence-corrected chi connectivity index (χ2v) is 4.45. The van der Waals surface area contributed by atoms with Crippen molar-refractivity contribution in [2.45, 2.75) is 12.5 Å². The van der Waals surface area contributed by atoms with E-state index in [1.54, 1.807) is 0 Å². The van der Waals surface area contributed by atoms with Crippen LogP contribution in [0.1, 0.15) is 6.42 Å². The topological polar surface area (TPSA) is 98.7 Å². The number of benzene rings is 1. The van der Waals surface area contributed by atoms with Crippen LogP contribution >= 0.6 is 15.9 Å². The predicted octanol–water partition coefficient (Wildman–Crippen LogP) is 1.55. The number of halogens is 2. The molecule has 2 amide bonds. The normalized spacial score (nSPS) is 11.7. The van der Waals surface area contributed by atoms with Crippen LogP contribution < -0.4 is 10.6 Å². The monoisotopic (exact) mass is 334 g/mol. The molecule has 19 heavy (non-hydrogen) atoms. The Labute approximate surface area is 116 Å². The van der Waals surface area contributed by atoms with Crippen molar-refractivity contribution in [3.8, 4) is 0 Å². The minimum atomic E-state index is -1.28. The zero-order valence-corrected chi connectivity index (χ0v) is 11.3. The molecule has 0 saturated heterocycles. The Morgan fingerprint density at radius 2 is 2.11 bits per heavy atom. The number of rotatable bonds is 5. The van der Waals surface area contributed by atoms with Gasteiger partial charge in [-0.05, 0) is 28.1 Å². The van der Waals surface area contributed by atoms with Crippen LogP contribution in [0, 0.1) is 5.82 Å². The maximum atomic E-state index is 13.4. The maximum Gasteiger partial charge on any atom is 0.326 e. The first kappa shape index (κ1) is 15.4. The van der Waals surface area contributed by atoms with Crippen molar-refractivity contribution in [2.75, 3.05) is 11.9 Å². The van der Waals surface area contributed by atoms with Crippen molar-refractivity contribution < 1.29 is 24.2 Å². The van der Waals surface area contributed by atoms with Gasteiger partial charge < -0.3 is 20.8 Å². The lowest BCUT2D eigenvalue weighted by atomic mass is 10.2. The van der Waals surface area contributed by atoms with Crippen LogP contribution in [-0.4, -0.2) is 34.9 Å². The summed E-state index contributed by atoms with van der Waals surface area (Å²) in [6.07, 6.45) is -0.138. The Morgan fingerprint density at radius 1 is 1.42 bits per heavy atom. The largest absolute Gasteiger partial charge is 0.480 e. The number of hydrogen-bond acceptors (Lipinski definition) is 3. The highest BCUT2D eigenvalue weighted by Gasteiger charge is 2.20. The van der Waals surface area contributed by atoms with Crippen LogP contribution in [0.25, 0.3) is 0 Å². The first-order chi connectivity index (χ1) is 8.95. The van der Waals surface area contributed by atoms with Gasteiger partial charge in [0, 0.05) is 17.5 Å². The van der Waals surface area contributed by atoms with E-state index < -0.39 is 23.9 Å². The molecule has 0 spiro atoms. The van der Waals surface area contributed by atoms with Crippen molar-refractivity contribution in [1.29, 1.82) is 0 Å². The Morgan fingerprint density at radius 3 is 2.63 bits per heavy atom. The minimum Gasteiger partial charge on any atom is -0.480 e. The zero-order valence-electron chi connectivity index (χ0n) is 9.69. The second kappa shape index (κ2) is 7.05. The number of aliphatic carboxylic acids is 1. The third kappa shape index (κ3) is 4.49. The van der Waals surface area contributed by atoms with E-state index >= 15 is 0 Å². The van der Waals surface area contributed by atoms with Crippen LogP contribution in [0.5, 0.6) is 0 Å². The predicted molar refractivity (Wildman–Crippen MR) is 69.4 cm³/mol. The number of aliphatic hydroxyl groups excluding tert-OH is 1. The van der Waals surface area contributed by atoms with E-state index in [0.29, 0.717) is 4.47 Å². The van der Waals surface area contributed by atoms with Gasteiger partial charge >= 0.3 is 12.0 Å².